The van der Waals surface area contributed by atoms with Crippen LogP contribution < -0.4 is 0 Å². The molecule has 0 aliphatic carbocycles. The van der Waals surface area contributed by atoms with E-state index in [0.717, 1.165) is 4.90 Å². The van der Waals surface area contributed by atoms with E-state index in [1.54, 1.807) is 48.7 Å². The summed E-state index contributed by atoms with van der Waals surface area (Å²) in [4.78, 5) is 41.9. The number of pyridine rings is 1. The molecule has 1 unspecified atom stereocenters. The number of carbonyl (C=O) groups excluding carboxylic acids is 3. The molecule has 132 valence electrons. The number of Topliss-reactive ketones (excluding diaryl/α,β-unsaturated/α-hetero) is 1. The minimum atomic E-state index is -0.928. The Morgan fingerprint density at radius 2 is 1.92 bits per heavy atom. The largest absolute Gasteiger partial charge is 0.507 e. The van der Waals surface area contributed by atoms with Gasteiger partial charge in [0.1, 0.15) is 12.3 Å². The Morgan fingerprint density at radius 3 is 2.54 bits per heavy atom. The van der Waals surface area contributed by atoms with Crippen LogP contribution in [0.3, 0.4) is 0 Å². The molecule has 1 aliphatic heterocycles. The van der Waals surface area contributed by atoms with Crippen molar-refractivity contribution in [3.63, 3.8) is 0 Å². The van der Waals surface area contributed by atoms with E-state index >= 15 is 0 Å². The molecule has 2 aromatic rings. The van der Waals surface area contributed by atoms with E-state index in [1.165, 1.54) is 13.3 Å². The van der Waals surface area contributed by atoms with Crippen LogP contribution in [0.1, 0.15) is 17.2 Å². The van der Waals surface area contributed by atoms with Gasteiger partial charge >= 0.3 is 5.97 Å². The molecule has 0 radical (unpaired) electrons. The third kappa shape index (κ3) is 3.06. The van der Waals surface area contributed by atoms with E-state index in [9.17, 15) is 19.5 Å². The molecule has 1 amide bonds. The quantitative estimate of drug-likeness (QED) is 0.389. The first kappa shape index (κ1) is 17.3. The summed E-state index contributed by atoms with van der Waals surface area (Å²) in [7, 11) is 1.20. The second kappa shape index (κ2) is 7.18. The van der Waals surface area contributed by atoms with Gasteiger partial charge in [0.15, 0.2) is 0 Å². The van der Waals surface area contributed by atoms with Gasteiger partial charge in [-0.3, -0.25) is 19.4 Å². The fourth-order valence-corrected chi connectivity index (χ4v) is 2.88. The summed E-state index contributed by atoms with van der Waals surface area (Å²) < 4.78 is 4.62. The molecule has 1 aliphatic rings. The fourth-order valence-electron chi connectivity index (χ4n) is 2.88. The lowest BCUT2D eigenvalue weighted by Gasteiger charge is -2.23. The monoisotopic (exact) mass is 352 g/mol. The molecule has 26 heavy (non-hydrogen) atoms. The molecular formula is C19H16N2O5. The van der Waals surface area contributed by atoms with E-state index in [-0.39, 0.29) is 11.3 Å². The SMILES string of the molecule is COC(=O)CN1C(=O)C(=O)C(=C(O)c2ccccc2)C1c1cccnc1. The van der Waals surface area contributed by atoms with Gasteiger partial charge in [0, 0.05) is 18.0 Å². The second-order valence-corrected chi connectivity index (χ2v) is 5.66. The van der Waals surface area contributed by atoms with Crippen molar-refractivity contribution >= 4 is 23.4 Å². The Hall–Kier alpha value is -3.48. The zero-order valence-corrected chi connectivity index (χ0v) is 14.0. The standard InChI is InChI=1S/C19H16N2O5/c1-26-14(22)11-21-16(13-8-5-9-20-10-13)15(18(24)19(21)25)17(23)12-6-3-2-4-7-12/h2-10,16,23H,11H2,1H3. The van der Waals surface area contributed by atoms with Crippen molar-refractivity contribution in [2.45, 2.75) is 6.04 Å². The van der Waals surface area contributed by atoms with Crippen molar-refractivity contribution in [2.24, 2.45) is 0 Å². The topological polar surface area (TPSA) is 96.8 Å². The Labute approximate surface area is 149 Å². The van der Waals surface area contributed by atoms with E-state index in [0.29, 0.717) is 11.1 Å². The lowest BCUT2D eigenvalue weighted by atomic mass is 9.96. The molecule has 7 nitrogen and oxygen atoms in total. The third-order valence-corrected chi connectivity index (χ3v) is 4.11. The molecule has 7 heteroatoms. The summed E-state index contributed by atoms with van der Waals surface area (Å²) in [6.45, 7) is -0.411. The van der Waals surface area contributed by atoms with Crippen molar-refractivity contribution < 1.29 is 24.2 Å². The van der Waals surface area contributed by atoms with Crippen LogP contribution in [-0.4, -0.2) is 46.3 Å². The lowest BCUT2D eigenvalue weighted by Crippen LogP contribution is -2.35. The van der Waals surface area contributed by atoms with Crippen molar-refractivity contribution in [3.05, 3.63) is 71.6 Å². The molecule has 1 N–H and O–H groups in total. The van der Waals surface area contributed by atoms with Crippen LogP contribution in [0.5, 0.6) is 0 Å². The minimum Gasteiger partial charge on any atom is -0.507 e. The highest BCUT2D eigenvalue weighted by molar-refractivity contribution is 6.46. The van der Waals surface area contributed by atoms with Crippen LogP contribution in [0.4, 0.5) is 0 Å². The Balaban J connectivity index is 2.16. The summed E-state index contributed by atoms with van der Waals surface area (Å²) in [6.07, 6.45) is 3.03. The molecule has 1 saturated heterocycles. The number of nitrogens with zero attached hydrogens (tertiary/aromatic N) is 2. The van der Waals surface area contributed by atoms with Gasteiger partial charge in [0.05, 0.1) is 18.7 Å². The van der Waals surface area contributed by atoms with Gasteiger partial charge in [0.25, 0.3) is 11.7 Å². The van der Waals surface area contributed by atoms with Crippen molar-refractivity contribution in [3.8, 4) is 0 Å². The van der Waals surface area contributed by atoms with Gasteiger partial charge in [-0.2, -0.15) is 0 Å². The maximum absolute atomic E-state index is 12.6. The molecule has 1 aromatic heterocycles. The number of amides is 1. The zero-order chi connectivity index (χ0) is 18.7. The molecule has 2 heterocycles. The minimum absolute atomic E-state index is 0.0851. The number of methoxy groups -OCH3 is 1. The average Bonchev–Trinajstić information content (AvgIpc) is 2.93. The number of aromatic nitrogens is 1. The average molecular weight is 352 g/mol. The normalized spacial score (nSPS) is 18.8. The molecule has 1 atom stereocenters. The second-order valence-electron chi connectivity index (χ2n) is 5.66. The van der Waals surface area contributed by atoms with Crippen molar-refractivity contribution in [2.75, 3.05) is 13.7 Å². The van der Waals surface area contributed by atoms with Crippen LogP contribution >= 0.6 is 0 Å². The number of aliphatic hydroxyl groups is 1. The molecule has 0 saturated carbocycles. The summed E-state index contributed by atoms with van der Waals surface area (Å²) in [5, 5.41) is 10.7. The number of carbonyl (C=O) groups is 3. The van der Waals surface area contributed by atoms with Gasteiger partial charge in [-0.05, 0) is 11.6 Å². The Morgan fingerprint density at radius 1 is 1.19 bits per heavy atom. The molecule has 1 aromatic carbocycles. The van der Waals surface area contributed by atoms with Crippen molar-refractivity contribution in [1.29, 1.82) is 0 Å². The van der Waals surface area contributed by atoms with Crippen LogP contribution in [0.15, 0.2) is 60.4 Å². The molecule has 3 rings (SSSR count). The van der Waals surface area contributed by atoms with E-state index in [1.807, 2.05) is 0 Å². The first-order valence-electron chi connectivity index (χ1n) is 7.85. The summed E-state index contributed by atoms with van der Waals surface area (Å²) in [5.41, 5.74) is 0.823. The summed E-state index contributed by atoms with van der Waals surface area (Å²) in [5.74, 6) is -2.70. The predicted octanol–water partition coefficient (Wildman–Crippen LogP) is 1.68. The number of likely N-dealkylation sites (tertiary alicyclic amines) is 1. The Kier molecular flexibility index (Phi) is 4.79. The van der Waals surface area contributed by atoms with E-state index < -0.39 is 30.2 Å². The number of rotatable bonds is 4. The molecule has 0 bridgehead atoms. The maximum atomic E-state index is 12.6. The molecular weight excluding hydrogens is 336 g/mol. The maximum Gasteiger partial charge on any atom is 0.325 e. The number of hydrogen-bond acceptors (Lipinski definition) is 6. The first-order chi connectivity index (χ1) is 12.5. The lowest BCUT2D eigenvalue weighted by molar-refractivity contribution is -0.148. The van der Waals surface area contributed by atoms with Gasteiger partial charge in [-0.15, -0.1) is 0 Å². The molecule has 0 spiro atoms. The highest BCUT2D eigenvalue weighted by Crippen LogP contribution is 2.38. The summed E-state index contributed by atoms with van der Waals surface area (Å²) >= 11 is 0. The number of ketones is 1. The number of ether oxygens (including phenoxy) is 1. The van der Waals surface area contributed by atoms with Crippen LogP contribution in [-0.2, 0) is 19.1 Å². The van der Waals surface area contributed by atoms with Gasteiger partial charge in [-0.25, -0.2) is 0 Å². The van der Waals surface area contributed by atoms with Gasteiger partial charge < -0.3 is 14.7 Å². The van der Waals surface area contributed by atoms with Crippen LogP contribution in [0.25, 0.3) is 5.76 Å². The smallest absolute Gasteiger partial charge is 0.325 e. The van der Waals surface area contributed by atoms with Gasteiger partial charge in [0.2, 0.25) is 0 Å². The fraction of sp³-hybridized carbons (Fsp3) is 0.158. The number of hydrogen-bond donors (Lipinski definition) is 1. The van der Waals surface area contributed by atoms with Crippen LogP contribution in [0.2, 0.25) is 0 Å². The number of aliphatic hydroxyl groups excluding tert-OH is 1. The van der Waals surface area contributed by atoms with Crippen molar-refractivity contribution in [1.82, 2.24) is 9.88 Å². The third-order valence-electron chi connectivity index (χ3n) is 4.11. The number of esters is 1. The molecule has 1 fully saturated rings. The Bertz CT molecular complexity index is 877. The predicted molar refractivity (Wildman–Crippen MR) is 91.7 cm³/mol. The van der Waals surface area contributed by atoms with Crippen LogP contribution in [0, 0.1) is 0 Å². The number of benzene rings is 1. The first-order valence-corrected chi connectivity index (χ1v) is 7.85. The zero-order valence-electron chi connectivity index (χ0n) is 14.0. The highest BCUT2D eigenvalue weighted by atomic mass is 16.5. The van der Waals surface area contributed by atoms with E-state index in [4.69, 9.17) is 0 Å². The summed E-state index contributed by atoms with van der Waals surface area (Å²) in [6, 6.07) is 10.8. The van der Waals surface area contributed by atoms with Gasteiger partial charge in [-0.1, -0.05) is 36.4 Å². The highest BCUT2D eigenvalue weighted by Gasteiger charge is 2.47. The van der Waals surface area contributed by atoms with E-state index in [2.05, 4.69) is 9.72 Å².